The van der Waals surface area contributed by atoms with Gasteiger partial charge < -0.3 is 11.1 Å². The minimum absolute atomic E-state index is 0.0470. The topological polar surface area (TPSA) is 55.1 Å². The van der Waals surface area contributed by atoms with Gasteiger partial charge in [0.15, 0.2) is 0 Å². The fourth-order valence-corrected chi connectivity index (χ4v) is 2.28. The Balaban J connectivity index is 2.45. The van der Waals surface area contributed by atoms with Gasteiger partial charge in [0, 0.05) is 4.88 Å². The molecule has 0 saturated carbocycles. The van der Waals surface area contributed by atoms with Crippen LogP contribution in [0.3, 0.4) is 0 Å². The molecule has 0 radical (unpaired) electrons. The average Bonchev–Trinajstić information content (AvgIpc) is 2.68. The van der Waals surface area contributed by atoms with E-state index in [1.54, 1.807) is 11.3 Å². The molecule has 1 aromatic rings. The van der Waals surface area contributed by atoms with Crippen molar-refractivity contribution in [3.05, 3.63) is 22.4 Å². The van der Waals surface area contributed by atoms with Crippen LogP contribution in [-0.2, 0) is 4.79 Å². The van der Waals surface area contributed by atoms with Gasteiger partial charge >= 0.3 is 0 Å². The third kappa shape index (κ3) is 3.94. The van der Waals surface area contributed by atoms with Gasteiger partial charge in [-0.3, -0.25) is 4.79 Å². The molecule has 3 N–H and O–H groups in total. The summed E-state index contributed by atoms with van der Waals surface area (Å²) in [6, 6.07) is 3.65. The van der Waals surface area contributed by atoms with Gasteiger partial charge in [-0.2, -0.15) is 0 Å². The maximum atomic E-state index is 11.8. The van der Waals surface area contributed by atoms with Crippen molar-refractivity contribution in [3.63, 3.8) is 0 Å². The van der Waals surface area contributed by atoms with Gasteiger partial charge in [0.25, 0.3) is 0 Å². The van der Waals surface area contributed by atoms with Crippen LogP contribution in [0.5, 0.6) is 0 Å². The van der Waals surface area contributed by atoms with E-state index < -0.39 is 6.04 Å². The quantitative estimate of drug-likeness (QED) is 0.829. The Morgan fingerprint density at radius 1 is 1.50 bits per heavy atom. The molecule has 0 aliphatic rings. The van der Waals surface area contributed by atoms with Crippen molar-refractivity contribution < 1.29 is 4.79 Å². The monoisotopic (exact) mass is 240 g/mol. The van der Waals surface area contributed by atoms with E-state index in [4.69, 9.17) is 5.73 Å². The summed E-state index contributed by atoms with van der Waals surface area (Å²) in [4.78, 5) is 12.9. The van der Waals surface area contributed by atoms with Crippen molar-refractivity contribution in [2.24, 2.45) is 11.7 Å². The van der Waals surface area contributed by atoms with Crippen LogP contribution in [0, 0.1) is 5.92 Å². The second kappa shape index (κ2) is 6.01. The van der Waals surface area contributed by atoms with Crippen LogP contribution in [0.15, 0.2) is 17.5 Å². The van der Waals surface area contributed by atoms with Gasteiger partial charge in [0.05, 0.1) is 12.1 Å². The highest BCUT2D eigenvalue weighted by molar-refractivity contribution is 7.10. The summed E-state index contributed by atoms with van der Waals surface area (Å²) in [7, 11) is 0. The summed E-state index contributed by atoms with van der Waals surface area (Å²) in [6.45, 7) is 6.11. The zero-order valence-corrected chi connectivity index (χ0v) is 10.9. The summed E-state index contributed by atoms with van der Waals surface area (Å²) in [5.41, 5.74) is 5.81. The lowest BCUT2D eigenvalue weighted by Crippen LogP contribution is -2.42. The number of rotatable bonds is 5. The van der Waals surface area contributed by atoms with Crippen LogP contribution in [0.25, 0.3) is 0 Å². The van der Waals surface area contributed by atoms with E-state index in [1.165, 1.54) is 0 Å². The van der Waals surface area contributed by atoms with Crippen molar-refractivity contribution in [1.82, 2.24) is 5.32 Å². The van der Waals surface area contributed by atoms with Crippen LogP contribution in [-0.4, -0.2) is 11.9 Å². The van der Waals surface area contributed by atoms with Gasteiger partial charge in [0.2, 0.25) is 5.91 Å². The third-order valence-corrected chi connectivity index (χ3v) is 3.45. The van der Waals surface area contributed by atoms with E-state index in [9.17, 15) is 4.79 Å². The number of hydrogen-bond acceptors (Lipinski definition) is 3. The van der Waals surface area contributed by atoms with Crippen molar-refractivity contribution >= 4 is 17.2 Å². The lowest BCUT2D eigenvalue weighted by Gasteiger charge is -2.17. The molecular weight excluding hydrogens is 220 g/mol. The Kier molecular flexibility index (Phi) is 4.96. The second-order valence-corrected chi connectivity index (χ2v) is 5.46. The summed E-state index contributed by atoms with van der Waals surface area (Å²) in [5, 5.41) is 4.94. The SMILES string of the molecule is CC(C)CC(N)C(=O)N[C@@H](C)c1cccs1. The van der Waals surface area contributed by atoms with Crippen LogP contribution in [0.4, 0.5) is 0 Å². The predicted molar refractivity (Wildman–Crippen MR) is 68.3 cm³/mol. The molecule has 1 heterocycles. The molecule has 90 valence electrons. The Bertz CT molecular complexity index is 322. The summed E-state index contributed by atoms with van der Waals surface area (Å²) < 4.78 is 0. The standard InChI is InChI=1S/C12H20N2OS/c1-8(2)7-10(13)12(15)14-9(3)11-5-4-6-16-11/h4-6,8-10H,7,13H2,1-3H3,(H,14,15)/t9-,10?/m0/s1. The maximum absolute atomic E-state index is 11.8. The minimum atomic E-state index is -0.401. The Morgan fingerprint density at radius 3 is 2.69 bits per heavy atom. The number of amides is 1. The van der Waals surface area contributed by atoms with E-state index >= 15 is 0 Å². The smallest absolute Gasteiger partial charge is 0.237 e. The predicted octanol–water partition coefficient (Wildman–Crippen LogP) is 2.30. The molecule has 1 unspecified atom stereocenters. The summed E-state index contributed by atoms with van der Waals surface area (Å²) in [5.74, 6) is 0.382. The van der Waals surface area contributed by atoms with E-state index in [1.807, 2.05) is 24.4 Å². The number of nitrogens with two attached hydrogens (primary N) is 1. The molecule has 1 aromatic heterocycles. The molecule has 1 amide bonds. The van der Waals surface area contributed by atoms with Crippen LogP contribution in [0.1, 0.15) is 38.1 Å². The molecular formula is C12H20N2OS. The normalized spacial score (nSPS) is 14.8. The van der Waals surface area contributed by atoms with Crippen LogP contribution >= 0.6 is 11.3 Å². The van der Waals surface area contributed by atoms with Gasteiger partial charge in [-0.1, -0.05) is 19.9 Å². The molecule has 0 aliphatic heterocycles. The molecule has 0 aliphatic carbocycles. The Morgan fingerprint density at radius 2 is 2.19 bits per heavy atom. The van der Waals surface area contributed by atoms with Crippen molar-refractivity contribution in [2.75, 3.05) is 0 Å². The second-order valence-electron chi connectivity index (χ2n) is 4.48. The van der Waals surface area contributed by atoms with Crippen molar-refractivity contribution in [1.29, 1.82) is 0 Å². The number of carbonyl (C=O) groups excluding carboxylic acids is 1. The molecule has 0 spiro atoms. The first-order chi connectivity index (χ1) is 7.50. The molecule has 0 bridgehead atoms. The molecule has 0 saturated heterocycles. The van der Waals surface area contributed by atoms with Crippen molar-refractivity contribution in [2.45, 2.75) is 39.3 Å². The summed E-state index contributed by atoms with van der Waals surface area (Å²) in [6.07, 6.45) is 0.725. The molecule has 0 aromatic carbocycles. The first-order valence-corrected chi connectivity index (χ1v) is 6.48. The van der Waals surface area contributed by atoms with Gasteiger partial charge in [0.1, 0.15) is 0 Å². The first-order valence-electron chi connectivity index (χ1n) is 5.60. The highest BCUT2D eigenvalue weighted by Gasteiger charge is 2.17. The van der Waals surface area contributed by atoms with Crippen LogP contribution < -0.4 is 11.1 Å². The highest BCUT2D eigenvalue weighted by Crippen LogP contribution is 2.18. The van der Waals surface area contributed by atoms with Gasteiger partial charge in [-0.25, -0.2) is 0 Å². The summed E-state index contributed by atoms with van der Waals surface area (Å²) >= 11 is 1.64. The lowest BCUT2D eigenvalue weighted by molar-refractivity contribution is -0.123. The van der Waals surface area contributed by atoms with E-state index in [-0.39, 0.29) is 11.9 Å². The fourth-order valence-electron chi connectivity index (χ4n) is 1.54. The highest BCUT2D eigenvalue weighted by atomic mass is 32.1. The molecule has 16 heavy (non-hydrogen) atoms. The lowest BCUT2D eigenvalue weighted by atomic mass is 10.0. The number of carbonyl (C=O) groups is 1. The van der Waals surface area contributed by atoms with Crippen LogP contribution in [0.2, 0.25) is 0 Å². The molecule has 4 heteroatoms. The fraction of sp³-hybridized carbons (Fsp3) is 0.583. The largest absolute Gasteiger partial charge is 0.347 e. The van der Waals surface area contributed by atoms with E-state index in [0.717, 1.165) is 11.3 Å². The zero-order chi connectivity index (χ0) is 12.1. The number of hydrogen-bond donors (Lipinski definition) is 2. The molecule has 2 atom stereocenters. The van der Waals surface area contributed by atoms with E-state index in [0.29, 0.717) is 5.92 Å². The molecule has 0 fully saturated rings. The van der Waals surface area contributed by atoms with Gasteiger partial charge in [-0.05, 0) is 30.7 Å². The van der Waals surface area contributed by atoms with Gasteiger partial charge in [-0.15, -0.1) is 11.3 Å². The number of nitrogens with one attached hydrogen (secondary N) is 1. The average molecular weight is 240 g/mol. The zero-order valence-electron chi connectivity index (χ0n) is 10.1. The van der Waals surface area contributed by atoms with Crippen molar-refractivity contribution in [3.8, 4) is 0 Å². The number of thiophene rings is 1. The Hall–Kier alpha value is -0.870. The van der Waals surface area contributed by atoms with E-state index in [2.05, 4.69) is 19.2 Å². The third-order valence-electron chi connectivity index (χ3n) is 2.39. The molecule has 1 rings (SSSR count). The molecule has 3 nitrogen and oxygen atoms in total. The first kappa shape index (κ1) is 13.2. The maximum Gasteiger partial charge on any atom is 0.237 e. The Labute approximate surface area is 101 Å². The minimum Gasteiger partial charge on any atom is -0.347 e.